The third-order valence-corrected chi connectivity index (χ3v) is 5.72. The molecule has 2 heterocycles. The third kappa shape index (κ3) is 3.59. The van der Waals surface area contributed by atoms with Crippen LogP contribution in [0.4, 0.5) is 0 Å². The van der Waals surface area contributed by atoms with Crippen LogP contribution < -0.4 is 19.0 Å². The highest BCUT2D eigenvalue weighted by Crippen LogP contribution is 2.35. The first-order valence-electron chi connectivity index (χ1n) is 8.76. The molecular weight excluding hydrogens is 400 g/mol. The van der Waals surface area contributed by atoms with Crippen LogP contribution in [0.3, 0.4) is 0 Å². The summed E-state index contributed by atoms with van der Waals surface area (Å²) < 4.78 is 20.0. The number of thiazole rings is 1. The second-order valence-corrected chi connectivity index (χ2v) is 8.34. The Morgan fingerprint density at radius 2 is 1.82 bits per heavy atom. The maximum Gasteiger partial charge on any atom is 0.291 e. The first-order chi connectivity index (χ1) is 13.3. The van der Waals surface area contributed by atoms with Crippen LogP contribution in [0, 0.1) is 0 Å². The van der Waals surface area contributed by atoms with Crippen LogP contribution in [-0.2, 0) is 11.8 Å². The number of nitrogens with zero attached hydrogens (tertiary/aromatic N) is 2. The molecule has 0 bridgehead atoms. The first kappa shape index (κ1) is 18.8. The number of amides is 1. The summed E-state index contributed by atoms with van der Waals surface area (Å²) in [4.78, 5) is 17.7. The third-order valence-electron chi connectivity index (χ3n) is 4.37. The Hall–Kier alpha value is -2.51. The van der Waals surface area contributed by atoms with E-state index in [9.17, 15) is 4.79 Å². The molecule has 1 aromatic heterocycles. The van der Waals surface area contributed by atoms with E-state index in [1.54, 1.807) is 38.1 Å². The number of fused-ring (bicyclic) bond motifs is 2. The van der Waals surface area contributed by atoms with Crippen molar-refractivity contribution < 1.29 is 19.0 Å². The van der Waals surface area contributed by atoms with Gasteiger partial charge in [-0.3, -0.25) is 4.79 Å². The van der Waals surface area contributed by atoms with Crippen LogP contribution in [0.25, 0.3) is 10.2 Å². The summed E-state index contributed by atoms with van der Waals surface area (Å²) in [5, 5.41) is 0.606. The normalized spacial score (nSPS) is 14.4. The molecule has 1 aliphatic heterocycles. The van der Waals surface area contributed by atoms with Gasteiger partial charge in [0.05, 0.1) is 10.2 Å². The second-order valence-electron chi connectivity index (χ2n) is 6.89. The standard InChI is InChI=1S/C20H19ClN2O4S/c1-20(2,27-13-6-4-12(21)5-7-13)18(24)22-19-23(3)14-10-15-16(11-17(14)28-19)26-9-8-25-15/h4-7,10-11H,8-9H2,1-3H3. The molecular formula is C20H19ClN2O4S. The van der Waals surface area contributed by atoms with Crippen LogP contribution in [0.2, 0.25) is 5.02 Å². The molecule has 0 atom stereocenters. The Morgan fingerprint density at radius 1 is 1.18 bits per heavy atom. The molecule has 0 saturated heterocycles. The molecule has 0 N–H and O–H groups in total. The average molecular weight is 419 g/mol. The Morgan fingerprint density at radius 3 is 2.50 bits per heavy atom. The van der Waals surface area contributed by atoms with Gasteiger partial charge in [-0.15, -0.1) is 0 Å². The SMILES string of the molecule is Cn1c(=NC(=O)C(C)(C)Oc2ccc(Cl)cc2)sc2cc3c(cc21)OCCO3. The lowest BCUT2D eigenvalue weighted by Gasteiger charge is -2.22. The fraction of sp³-hybridized carbons (Fsp3) is 0.300. The highest BCUT2D eigenvalue weighted by Gasteiger charge is 2.30. The number of ether oxygens (including phenoxy) is 3. The zero-order valence-corrected chi connectivity index (χ0v) is 17.3. The highest BCUT2D eigenvalue weighted by atomic mass is 35.5. The van der Waals surface area contributed by atoms with Gasteiger partial charge in [0.25, 0.3) is 5.91 Å². The number of carbonyl (C=O) groups excluding carboxylic acids is 1. The van der Waals surface area contributed by atoms with Crippen molar-refractivity contribution >= 4 is 39.1 Å². The van der Waals surface area contributed by atoms with Crippen LogP contribution in [0.5, 0.6) is 17.2 Å². The summed E-state index contributed by atoms with van der Waals surface area (Å²) in [6.07, 6.45) is 0. The van der Waals surface area contributed by atoms with Gasteiger partial charge in [-0.2, -0.15) is 4.99 Å². The van der Waals surface area contributed by atoms with E-state index in [0.29, 0.717) is 40.3 Å². The summed E-state index contributed by atoms with van der Waals surface area (Å²) in [7, 11) is 1.87. The lowest BCUT2D eigenvalue weighted by atomic mass is 10.1. The minimum Gasteiger partial charge on any atom is -0.486 e. The van der Waals surface area contributed by atoms with E-state index in [4.69, 9.17) is 25.8 Å². The summed E-state index contributed by atoms with van der Waals surface area (Å²) in [6.45, 7) is 4.45. The van der Waals surface area contributed by atoms with Crippen LogP contribution >= 0.6 is 22.9 Å². The molecule has 1 aliphatic rings. The number of hydrogen-bond donors (Lipinski definition) is 0. The predicted molar refractivity (Wildman–Crippen MR) is 109 cm³/mol. The molecule has 146 valence electrons. The summed E-state index contributed by atoms with van der Waals surface area (Å²) in [6, 6.07) is 10.7. The smallest absolute Gasteiger partial charge is 0.291 e. The van der Waals surface area contributed by atoms with Crippen molar-refractivity contribution in [2.45, 2.75) is 19.4 Å². The van der Waals surface area contributed by atoms with Gasteiger partial charge in [-0.25, -0.2) is 0 Å². The molecule has 0 spiro atoms. The van der Waals surface area contributed by atoms with Crippen molar-refractivity contribution in [2.75, 3.05) is 13.2 Å². The van der Waals surface area contributed by atoms with Crippen molar-refractivity contribution in [1.29, 1.82) is 0 Å². The maximum atomic E-state index is 12.8. The van der Waals surface area contributed by atoms with Gasteiger partial charge in [-0.1, -0.05) is 22.9 Å². The monoisotopic (exact) mass is 418 g/mol. The molecule has 2 aromatic carbocycles. The minimum absolute atomic E-state index is 0.373. The van der Waals surface area contributed by atoms with Gasteiger partial charge in [0.1, 0.15) is 19.0 Å². The first-order valence-corrected chi connectivity index (χ1v) is 9.96. The molecule has 6 nitrogen and oxygen atoms in total. The molecule has 3 aromatic rings. The fourth-order valence-corrected chi connectivity index (χ4v) is 3.99. The Bertz CT molecular complexity index is 1120. The van der Waals surface area contributed by atoms with Crippen molar-refractivity contribution in [3.05, 3.63) is 46.2 Å². The van der Waals surface area contributed by atoms with Gasteiger partial charge < -0.3 is 18.8 Å². The Labute approximate surface area is 170 Å². The Kier molecular flexibility index (Phi) is 4.81. The molecule has 0 saturated carbocycles. The molecule has 8 heteroatoms. The van der Waals surface area contributed by atoms with Crippen molar-refractivity contribution in [2.24, 2.45) is 12.0 Å². The van der Waals surface area contributed by atoms with E-state index in [2.05, 4.69) is 4.99 Å². The van der Waals surface area contributed by atoms with E-state index in [1.807, 2.05) is 23.7 Å². The maximum absolute atomic E-state index is 12.8. The van der Waals surface area contributed by atoms with Crippen LogP contribution in [0.15, 0.2) is 41.4 Å². The molecule has 4 rings (SSSR count). The minimum atomic E-state index is -1.12. The number of aryl methyl sites for hydroxylation is 1. The topological polar surface area (TPSA) is 62.1 Å². The highest BCUT2D eigenvalue weighted by molar-refractivity contribution is 7.16. The number of hydrogen-bond acceptors (Lipinski definition) is 5. The number of aromatic nitrogens is 1. The Balaban J connectivity index is 1.67. The summed E-state index contributed by atoms with van der Waals surface area (Å²) in [5.41, 5.74) is -0.195. The van der Waals surface area contributed by atoms with E-state index >= 15 is 0 Å². The summed E-state index contributed by atoms with van der Waals surface area (Å²) >= 11 is 7.31. The van der Waals surface area contributed by atoms with Gasteiger partial charge in [0.2, 0.25) is 0 Å². The number of carbonyl (C=O) groups is 1. The largest absolute Gasteiger partial charge is 0.486 e. The van der Waals surface area contributed by atoms with Crippen LogP contribution in [0.1, 0.15) is 13.8 Å². The predicted octanol–water partition coefficient (Wildman–Crippen LogP) is 3.95. The van der Waals surface area contributed by atoms with E-state index in [1.165, 1.54) is 11.3 Å². The van der Waals surface area contributed by atoms with Crippen molar-refractivity contribution in [1.82, 2.24) is 4.57 Å². The van der Waals surface area contributed by atoms with Crippen molar-refractivity contribution in [3.63, 3.8) is 0 Å². The van der Waals surface area contributed by atoms with Gasteiger partial charge in [0, 0.05) is 24.2 Å². The molecule has 0 aliphatic carbocycles. The van der Waals surface area contributed by atoms with Crippen LogP contribution in [-0.4, -0.2) is 29.3 Å². The number of halogens is 1. The molecule has 28 heavy (non-hydrogen) atoms. The van der Waals surface area contributed by atoms with Gasteiger partial charge in [0.15, 0.2) is 21.9 Å². The fourth-order valence-electron chi connectivity index (χ4n) is 2.83. The second kappa shape index (κ2) is 7.14. The van der Waals surface area contributed by atoms with E-state index < -0.39 is 5.60 Å². The molecule has 1 amide bonds. The lowest BCUT2D eigenvalue weighted by molar-refractivity contribution is -0.130. The summed E-state index contributed by atoms with van der Waals surface area (Å²) in [5.74, 6) is 1.60. The zero-order chi connectivity index (χ0) is 19.9. The lowest BCUT2D eigenvalue weighted by Crippen LogP contribution is -2.38. The van der Waals surface area contributed by atoms with E-state index in [-0.39, 0.29) is 5.91 Å². The van der Waals surface area contributed by atoms with E-state index in [0.717, 1.165) is 10.2 Å². The quantitative estimate of drug-likeness (QED) is 0.646. The number of rotatable bonds is 3. The van der Waals surface area contributed by atoms with Gasteiger partial charge in [-0.05, 0) is 38.1 Å². The molecule has 0 radical (unpaired) electrons. The molecule has 0 fully saturated rings. The van der Waals surface area contributed by atoms with Crippen molar-refractivity contribution in [3.8, 4) is 17.2 Å². The van der Waals surface area contributed by atoms with Gasteiger partial charge >= 0.3 is 0 Å². The zero-order valence-electron chi connectivity index (χ0n) is 15.7. The number of benzene rings is 2. The molecule has 0 unspecified atom stereocenters. The average Bonchev–Trinajstić information content (AvgIpc) is 2.96.